The zero-order chi connectivity index (χ0) is 21.2. The number of carbonyl (C=O) groups is 2. The Bertz CT molecular complexity index is 599. The van der Waals surface area contributed by atoms with Crippen molar-refractivity contribution in [1.82, 2.24) is 4.90 Å². The monoisotopic (exact) mass is 385 g/mol. The number of nitrogens with zero attached hydrogens (tertiary/aromatic N) is 1. The van der Waals surface area contributed by atoms with Crippen molar-refractivity contribution < 1.29 is 14.3 Å². The minimum absolute atomic E-state index is 0.818. The van der Waals surface area contributed by atoms with E-state index >= 15 is 0 Å². The molecule has 0 N–H and O–H groups in total. The highest BCUT2D eigenvalue weighted by atomic mass is 16.5. The summed E-state index contributed by atoms with van der Waals surface area (Å²) in [5.74, 6) is 0.917. The number of piperidine rings is 1. The second kappa shape index (κ2) is 16.7. The summed E-state index contributed by atoms with van der Waals surface area (Å²) < 4.78 is 4.97. The first kappa shape index (κ1) is 25.5. The van der Waals surface area contributed by atoms with Gasteiger partial charge < -0.3 is 19.2 Å². The number of hydrogen-bond donors (Lipinski definition) is 0. The average molecular weight is 386 g/mol. The number of ether oxygens (including phenoxy) is 1. The number of benzene rings is 2. The molecule has 0 amide bonds. The normalized spacial score (nSPS) is 15.5. The maximum atomic E-state index is 8.00. The summed E-state index contributed by atoms with van der Waals surface area (Å²) >= 11 is 0. The molecule has 1 fully saturated rings. The van der Waals surface area contributed by atoms with Crippen molar-refractivity contribution >= 4 is 13.6 Å². The quantitative estimate of drug-likeness (QED) is 0.763. The number of methoxy groups -OCH3 is 1. The zero-order valence-corrected chi connectivity index (χ0v) is 17.6. The third-order valence-electron chi connectivity index (χ3n) is 4.79. The summed E-state index contributed by atoms with van der Waals surface area (Å²) in [6.45, 7) is 7.35. The second-order valence-corrected chi connectivity index (χ2v) is 6.67. The Hall–Kier alpha value is -2.46. The van der Waals surface area contributed by atoms with Gasteiger partial charge in [-0.15, -0.1) is 0 Å². The molecule has 4 heteroatoms. The molecular weight excluding hydrogens is 350 g/mol. The highest BCUT2D eigenvalue weighted by Crippen LogP contribution is 2.19. The van der Waals surface area contributed by atoms with E-state index in [1.165, 1.54) is 49.8 Å². The number of aryl methyl sites for hydroxylation is 2. The van der Waals surface area contributed by atoms with E-state index in [2.05, 4.69) is 49.2 Å². The van der Waals surface area contributed by atoms with Crippen LogP contribution in [0.15, 0.2) is 54.6 Å². The molecule has 154 valence electrons. The van der Waals surface area contributed by atoms with Gasteiger partial charge in [-0.05, 0) is 63.9 Å². The first-order valence-corrected chi connectivity index (χ1v) is 9.61. The van der Waals surface area contributed by atoms with E-state index in [0.717, 1.165) is 11.8 Å². The molecule has 2 aromatic carbocycles. The molecule has 1 aliphatic rings. The van der Waals surface area contributed by atoms with Crippen LogP contribution in [-0.2, 0) is 16.0 Å². The summed E-state index contributed by atoms with van der Waals surface area (Å²) in [6, 6.07) is 19.6. The molecule has 0 bridgehead atoms. The van der Waals surface area contributed by atoms with Gasteiger partial charge in [-0.2, -0.15) is 0 Å². The SMILES string of the molecule is C=O.C=O.CN1CCCCC1CCc1ccccc1.COc1ccc(C)cc1. The first-order chi connectivity index (χ1) is 13.7. The lowest BCUT2D eigenvalue weighted by atomic mass is 9.96. The predicted octanol–water partition coefficient (Wildman–Crippen LogP) is 4.74. The van der Waals surface area contributed by atoms with Gasteiger partial charge in [-0.25, -0.2) is 0 Å². The van der Waals surface area contributed by atoms with Crippen LogP contribution in [0.25, 0.3) is 0 Å². The summed E-state index contributed by atoms with van der Waals surface area (Å²) in [6.07, 6.45) is 6.75. The van der Waals surface area contributed by atoms with Gasteiger partial charge in [0.05, 0.1) is 7.11 Å². The van der Waals surface area contributed by atoms with Crippen molar-refractivity contribution in [3.8, 4) is 5.75 Å². The average Bonchev–Trinajstić information content (AvgIpc) is 2.78. The Balaban J connectivity index is 0.000000481. The highest BCUT2D eigenvalue weighted by Gasteiger charge is 2.17. The van der Waals surface area contributed by atoms with Crippen LogP contribution < -0.4 is 4.74 Å². The lowest BCUT2D eigenvalue weighted by Gasteiger charge is -2.32. The first-order valence-electron chi connectivity index (χ1n) is 9.61. The molecule has 28 heavy (non-hydrogen) atoms. The van der Waals surface area contributed by atoms with E-state index < -0.39 is 0 Å². The molecule has 2 aromatic rings. The molecule has 0 aliphatic carbocycles. The lowest BCUT2D eigenvalue weighted by molar-refractivity contribution is -0.0987. The summed E-state index contributed by atoms with van der Waals surface area (Å²) in [5, 5.41) is 0. The third-order valence-corrected chi connectivity index (χ3v) is 4.79. The molecule has 1 unspecified atom stereocenters. The van der Waals surface area contributed by atoms with Gasteiger partial charge in [0.2, 0.25) is 0 Å². The molecule has 0 spiro atoms. The Kier molecular flexibility index (Phi) is 15.2. The number of rotatable bonds is 4. The maximum Gasteiger partial charge on any atom is 0.118 e. The molecule has 1 atom stereocenters. The van der Waals surface area contributed by atoms with E-state index in [9.17, 15) is 0 Å². The molecule has 3 rings (SSSR count). The molecule has 0 aromatic heterocycles. The maximum absolute atomic E-state index is 8.00. The van der Waals surface area contributed by atoms with Gasteiger partial charge >= 0.3 is 0 Å². The Morgan fingerprint density at radius 1 is 0.964 bits per heavy atom. The summed E-state index contributed by atoms with van der Waals surface area (Å²) in [5.41, 5.74) is 2.74. The Labute approximate surface area is 170 Å². The van der Waals surface area contributed by atoms with Crippen LogP contribution in [0.5, 0.6) is 5.75 Å². The van der Waals surface area contributed by atoms with E-state index in [1.54, 1.807) is 7.11 Å². The summed E-state index contributed by atoms with van der Waals surface area (Å²) in [4.78, 5) is 18.5. The van der Waals surface area contributed by atoms with Crippen LogP contribution in [0.3, 0.4) is 0 Å². The lowest BCUT2D eigenvalue weighted by Crippen LogP contribution is -2.36. The zero-order valence-electron chi connectivity index (χ0n) is 17.6. The van der Waals surface area contributed by atoms with E-state index in [4.69, 9.17) is 14.3 Å². The van der Waals surface area contributed by atoms with Gasteiger partial charge in [-0.3, -0.25) is 0 Å². The van der Waals surface area contributed by atoms with Crippen LogP contribution in [0.4, 0.5) is 0 Å². The van der Waals surface area contributed by atoms with Crippen LogP contribution in [0.2, 0.25) is 0 Å². The third kappa shape index (κ3) is 10.6. The van der Waals surface area contributed by atoms with E-state index in [1.807, 2.05) is 37.8 Å². The van der Waals surface area contributed by atoms with Crippen LogP contribution in [0, 0.1) is 6.92 Å². The largest absolute Gasteiger partial charge is 0.497 e. The van der Waals surface area contributed by atoms with Gasteiger partial charge in [0, 0.05) is 6.04 Å². The van der Waals surface area contributed by atoms with Crippen LogP contribution in [-0.4, -0.2) is 45.2 Å². The second-order valence-electron chi connectivity index (χ2n) is 6.67. The number of carbonyl (C=O) groups excluding carboxylic acids is 2. The fourth-order valence-electron chi connectivity index (χ4n) is 3.16. The Morgan fingerprint density at radius 2 is 1.57 bits per heavy atom. The topological polar surface area (TPSA) is 46.6 Å². The molecule has 4 nitrogen and oxygen atoms in total. The Morgan fingerprint density at radius 3 is 2.11 bits per heavy atom. The fourth-order valence-corrected chi connectivity index (χ4v) is 3.16. The van der Waals surface area contributed by atoms with Crippen molar-refractivity contribution in [3.05, 3.63) is 65.7 Å². The van der Waals surface area contributed by atoms with Gasteiger partial charge in [0.1, 0.15) is 19.3 Å². The molecule has 1 aliphatic heterocycles. The minimum atomic E-state index is 0.818. The molecule has 1 heterocycles. The van der Waals surface area contributed by atoms with Crippen molar-refractivity contribution in [2.45, 2.75) is 45.1 Å². The van der Waals surface area contributed by atoms with Crippen LogP contribution in [0.1, 0.15) is 36.8 Å². The molecular formula is C24H35NO3. The highest BCUT2D eigenvalue weighted by molar-refractivity contribution is 5.25. The molecule has 1 saturated heterocycles. The van der Waals surface area contributed by atoms with E-state index in [0.29, 0.717) is 0 Å². The number of likely N-dealkylation sites (tertiary alicyclic amines) is 1. The van der Waals surface area contributed by atoms with Gasteiger partial charge in [-0.1, -0.05) is 54.4 Å². The van der Waals surface area contributed by atoms with Crippen LogP contribution >= 0.6 is 0 Å². The van der Waals surface area contributed by atoms with Crippen molar-refractivity contribution in [1.29, 1.82) is 0 Å². The molecule has 0 radical (unpaired) electrons. The van der Waals surface area contributed by atoms with E-state index in [-0.39, 0.29) is 0 Å². The number of hydrogen-bond acceptors (Lipinski definition) is 4. The molecule has 0 saturated carbocycles. The van der Waals surface area contributed by atoms with Crippen molar-refractivity contribution in [2.24, 2.45) is 0 Å². The van der Waals surface area contributed by atoms with Crippen molar-refractivity contribution in [3.63, 3.8) is 0 Å². The summed E-state index contributed by atoms with van der Waals surface area (Å²) in [7, 11) is 3.94. The van der Waals surface area contributed by atoms with Gasteiger partial charge in [0.15, 0.2) is 0 Å². The van der Waals surface area contributed by atoms with Gasteiger partial charge in [0.25, 0.3) is 0 Å². The van der Waals surface area contributed by atoms with Crippen molar-refractivity contribution in [2.75, 3.05) is 20.7 Å². The predicted molar refractivity (Wildman–Crippen MR) is 117 cm³/mol. The smallest absolute Gasteiger partial charge is 0.118 e. The standard InChI is InChI=1S/C14H21N.C8H10O.2CH2O/c1-15-12-6-5-9-14(15)11-10-13-7-3-2-4-8-13;1-7-3-5-8(9-2)6-4-7;2*1-2/h2-4,7-8,14H,5-6,9-12H2,1H3;3-6H,1-2H3;2*1H2. The fraction of sp³-hybridized carbons (Fsp3) is 0.417. The minimum Gasteiger partial charge on any atom is -0.497 e.